The molecule has 0 fully saturated rings. The van der Waals surface area contributed by atoms with Gasteiger partial charge in [0.2, 0.25) is 5.95 Å². The molecule has 0 aliphatic carbocycles. The summed E-state index contributed by atoms with van der Waals surface area (Å²) in [4.78, 5) is 29.1. The van der Waals surface area contributed by atoms with Crippen molar-refractivity contribution in [2.45, 2.75) is 20.0 Å². The molecule has 0 radical (unpaired) electrons. The molecule has 0 saturated heterocycles. The lowest BCUT2D eigenvalue weighted by Crippen LogP contribution is -2.14. The Kier molecular flexibility index (Phi) is 4.26. The van der Waals surface area contributed by atoms with Gasteiger partial charge >= 0.3 is 6.18 Å². The number of alkyl halides is 3. The van der Waals surface area contributed by atoms with Gasteiger partial charge in [-0.15, -0.1) is 0 Å². The Bertz CT molecular complexity index is 2120. The largest absolute Gasteiger partial charge is 0.416 e. The van der Waals surface area contributed by atoms with Gasteiger partial charge in [-0.2, -0.15) is 13.2 Å². The number of benzene rings is 2. The third kappa shape index (κ3) is 5.93. The van der Waals surface area contributed by atoms with Gasteiger partial charge in [-0.3, -0.25) is 9.78 Å². The number of carbonyl (C=O) groups excluding carboxylic acids is 1. The van der Waals surface area contributed by atoms with Crippen LogP contribution in [0.25, 0.3) is 16.9 Å². The third-order valence-electron chi connectivity index (χ3n) is 5.19. The molecule has 196 valence electrons. The van der Waals surface area contributed by atoms with Crippen molar-refractivity contribution in [2.24, 2.45) is 0 Å². The second kappa shape index (κ2) is 10.4. The lowest BCUT2D eigenvalue weighted by molar-refractivity contribution is -0.137. The summed E-state index contributed by atoms with van der Waals surface area (Å²) in [5.41, 5.74) is -3.86. The van der Waals surface area contributed by atoms with Crippen LogP contribution in [0.3, 0.4) is 0 Å². The summed E-state index contributed by atoms with van der Waals surface area (Å²) in [6.07, 6.45) is -4.35. The van der Waals surface area contributed by atoms with Crippen LogP contribution in [0, 0.1) is 13.8 Å². The van der Waals surface area contributed by atoms with Crippen LogP contribution in [0.4, 0.5) is 30.5 Å². The molecule has 0 spiro atoms. The van der Waals surface area contributed by atoms with Crippen molar-refractivity contribution in [3.8, 4) is 16.9 Å². The molecule has 8 nitrogen and oxygen atoms in total. The van der Waals surface area contributed by atoms with E-state index in [1.165, 1.54) is 19.3 Å². The van der Waals surface area contributed by atoms with Crippen molar-refractivity contribution in [1.29, 1.82) is 0 Å². The van der Waals surface area contributed by atoms with E-state index in [-0.39, 0.29) is 28.9 Å². The summed E-state index contributed by atoms with van der Waals surface area (Å²) >= 11 is 0. The molecule has 0 aliphatic rings. The number of hydrogen-bond donors (Lipinski definition) is 2. The number of aromatic nitrogens is 5. The van der Waals surface area contributed by atoms with Gasteiger partial charge in [0, 0.05) is 57.0 Å². The molecule has 5 rings (SSSR count). The Morgan fingerprint density at radius 1 is 1.15 bits per heavy atom. The van der Waals surface area contributed by atoms with Gasteiger partial charge in [0.1, 0.15) is 1.37 Å². The van der Waals surface area contributed by atoms with Crippen molar-refractivity contribution in [3.05, 3.63) is 108 Å². The maximum Gasteiger partial charge on any atom is 0.416 e. The summed E-state index contributed by atoms with van der Waals surface area (Å²) in [5.74, 6) is -1.57. The number of carbonyl (C=O) groups is 1. The van der Waals surface area contributed by atoms with Crippen LogP contribution in [0.1, 0.15) is 40.9 Å². The topological polar surface area (TPSA) is 97.6 Å². The molecule has 1 amide bonds. The van der Waals surface area contributed by atoms with Crippen LogP contribution in [-0.2, 0) is 6.18 Å². The molecule has 2 aromatic carbocycles. The molecule has 5 aromatic rings. The Hall–Kier alpha value is -5.06. The molecule has 0 saturated carbocycles. The first-order chi connectivity index (χ1) is 22.8. The second-order valence-electron chi connectivity index (χ2n) is 7.98. The number of nitrogens with one attached hydrogen (secondary N) is 2. The molecule has 3 heterocycles. The second-order valence-corrected chi connectivity index (χ2v) is 7.98. The number of anilines is 3. The van der Waals surface area contributed by atoms with Crippen LogP contribution in [0.2, 0.25) is 0 Å². The highest BCUT2D eigenvalue weighted by Crippen LogP contribution is 2.33. The van der Waals surface area contributed by atoms with E-state index in [0.29, 0.717) is 22.3 Å². The van der Waals surface area contributed by atoms with Crippen LogP contribution < -0.4 is 10.6 Å². The van der Waals surface area contributed by atoms with E-state index in [1.54, 1.807) is 12.1 Å². The highest BCUT2D eigenvalue weighted by atomic mass is 19.4. The standard InChI is InChI=1S/C28H22F3N7O/c1-17-5-6-19(10-25(17)37-27-33-9-7-24(36-27)20-4-3-8-32-14-20)26(39)35-22-11-21(28(29,30)31)12-23(13-22)38-15-18(2)34-16-38/h3-16H,1-2H3,(H,35,39)(H,33,36,37)/i2D3,5D,6D,7D,9D,10D,15D,16D. The lowest BCUT2D eigenvalue weighted by Gasteiger charge is -2.14. The smallest absolute Gasteiger partial charge is 0.324 e. The summed E-state index contributed by atoms with van der Waals surface area (Å²) in [7, 11) is 0. The average Bonchev–Trinajstić information content (AvgIpc) is 3.33. The van der Waals surface area contributed by atoms with E-state index in [0.717, 1.165) is 6.07 Å². The lowest BCUT2D eigenvalue weighted by atomic mass is 10.1. The minimum atomic E-state index is -5.01. The van der Waals surface area contributed by atoms with Crippen LogP contribution >= 0.6 is 0 Å². The maximum absolute atomic E-state index is 13.9. The van der Waals surface area contributed by atoms with E-state index in [4.69, 9.17) is 13.7 Å². The zero-order chi connectivity index (χ0) is 36.2. The number of aryl methyl sites for hydroxylation is 1. The summed E-state index contributed by atoms with van der Waals surface area (Å²) < 4.78 is 123. The number of amides is 1. The Morgan fingerprint density at radius 3 is 2.77 bits per heavy atom. The van der Waals surface area contributed by atoms with Crippen molar-refractivity contribution in [2.75, 3.05) is 10.6 Å². The molecule has 11 heteroatoms. The van der Waals surface area contributed by atoms with Crippen LogP contribution in [0.15, 0.2) is 85.5 Å². The fraction of sp³-hybridized carbons (Fsp3) is 0.107. The fourth-order valence-electron chi connectivity index (χ4n) is 3.36. The average molecular weight is 540 g/mol. The van der Waals surface area contributed by atoms with E-state index in [2.05, 4.69) is 30.6 Å². The monoisotopic (exact) mass is 539 g/mol. The zero-order valence-corrected chi connectivity index (χ0v) is 19.8. The molecule has 0 atom stereocenters. The quantitative estimate of drug-likeness (QED) is 0.261. The molecule has 0 aliphatic heterocycles. The predicted molar refractivity (Wildman–Crippen MR) is 141 cm³/mol. The predicted octanol–water partition coefficient (Wildman–Crippen LogP) is 6.36. The zero-order valence-electron chi connectivity index (χ0n) is 29.8. The molecule has 3 aromatic heterocycles. The van der Waals surface area contributed by atoms with Crippen molar-refractivity contribution in [1.82, 2.24) is 24.5 Å². The van der Waals surface area contributed by atoms with Gasteiger partial charge in [0.15, 0.2) is 0 Å². The highest BCUT2D eigenvalue weighted by molar-refractivity contribution is 6.05. The van der Waals surface area contributed by atoms with Crippen LogP contribution in [-0.4, -0.2) is 30.4 Å². The Morgan fingerprint density at radius 2 is 2.03 bits per heavy atom. The maximum atomic E-state index is 13.9. The van der Waals surface area contributed by atoms with E-state index >= 15 is 0 Å². The molecule has 2 N–H and O–H groups in total. The third-order valence-corrected chi connectivity index (χ3v) is 5.19. The molecule has 0 bridgehead atoms. The molecular formula is C28H22F3N7O. The molecular weight excluding hydrogens is 507 g/mol. The van der Waals surface area contributed by atoms with Crippen molar-refractivity contribution >= 4 is 23.2 Å². The van der Waals surface area contributed by atoms with Crippen LogP contribution in [0.5, 0.6) is 0 Å². The number of rotatable bonds is 6. The first-order valence-corrected chi connectivity index (χ1v) is 11.0. The number of halogens is 3. The summed E-state index contributed by atoms with van der Waals surface area (Å²) in [6.45, 7) is -1.59. The first-order valence-electron chi connectivity index (χ1n) is 16.0. The molecule has 39 heavy (non-hydrogen) atoms. The van der Waals surface area contributed by atoms with Crippen molar-refractivity contribution in [3.63, 3.8) is 0 Å². The first kappa shape index (κ1) is 16.0. The number of nitrogens with zero attached hydrogens (tertiary/aromatic N) is 5. The minimum Gasteiger partial charge on any atom is -0.324 e. The van der Waals surface area contributed by atoms with Gasteiger partial charge in [0.05, 0.1) is 31.5 Å². The van der Waals surface area contributed by atoms with Crippen molar-refractivity contribution < 1.29 is 31.7 Å². The van der Waals surface area contributed by atoms with Gasteiger partial charge in [-0.25, -0.2) is 15.0 Å². The SMILES string of the molecule is [2H]c1nc(Nc2c([2H])c(C(=O)Nc3cc(-n4c([2H])nc(C([2H])([2H])[2H])c4[2H])cc(C(F)(F)F)c3)c([2H])c([2H])c2C)nc(-c2cccnc2)c1[2H]. The Balaban J connectivity index is 1.58. The summed E-state index contributed by atoms with van der Waals surface area (Å²) in [5, 5.41) is 4.84. The van der Waals surface area contributed by atoms with Gasteiger partial charge in [-0.1, -0.05) is 6.04 Å². The number of pyridine rings is 1. The molecule has 0 unspecified atom stereocenters. The van der Waals surface area contributed by atoms with E-state index in [9.17, 15) is 18.0 Å². The Labute approximate surface area is 235 Å². The van der Waals surface area contributed by atoms with Gasteiger partial charge in [-0.05, 0) is 67.8 Å². The van der Waals surface area contributed by atoms with E-state index < -0.39 is 83.9 Å². The van der Waals surface area contributed by atoms with E-state index in [1.807, 2.05) is 0 Å². The summed E-state index contributed by atoms with van der Waals surface area (Å²) in [6, 6.07) is 2.87. The van der Waals surface area contributed by atoms with Gasteiger partial charge in [0.25, 0.3) is 5.91 Å². The van der Waals surface area contributed by atoms with Gasteiger partial charge < -0.3 is 15.2 Å². The fourth-order valence-corrected chi connectivity index (χ4v) is 3.36. The number of hydrogen-bond acceptors (Lipinski definition) is 6. The number of imidazole rings is 1. The highest BCUT2D eigenvalue weighted by Gasteiger charge is 2.31. The normalized spacial score (nSPS) is 15.3. The minimum absolute atomic E-state index is 0.00275.